The molecule has 2 rings (SSSR count). The van der Waals surface area contributed by atoms with Gasteiger partial charge in [0.15, 0.2) is 0 Å². The molecule has 0 spiro atoms. The van der Waals surface area contributed by atoms with Gasteiger partial charge in [-0.25, -0.2) is 0 Å². The molecular formula is C15H21N3O. The molecule has 0 bridgehead atoms. The number of pyridine rings is 1. The first kappa shape index (κ1) is 13.5. The highest BCUT2D eigenvalue weighted by Crippen LogP contribution is 2.23. The van der Waals surface area contributed by atoms with Crippen LogP contribution in [0.4, 0.5) is 11.4 Å². The van der Waals surface area contributed by atoms with Gasteiger partial charge >= 0.3 is 0 Å². The summed E-state index contributed by atoms with van der Waals surface area (Å²) in [5.41, 5.74) is 2.22. The fraction of sp³-hybridized carbons (Fsp3) is 0.400. The summed E-state index contributed by atoms with van der Waals surface area (Å²) in [5, 5.41) is 3.51. The molecule has 2 aromatic heterocycles. The van der Waals surface area contributed by atoms with Gasteiger partial charge in [-0.3, -0.25) is 4.98 Å². The SMILES string of the molecule is CC(CCc1ccco1)Nc1cnccc1N(C)C. The number of aromatic nitrogens is 1. The molecule has 0 saturated heterocycles. The van der Waals surface area contributed by atoms with E-state index in [2.05, 4.69) is 22.1 Å². The van der Waals surface area contributed by atoms with E-state index in [9.17, 15) is 0 Å². The van der Waals surface area contributed by atoms with Crippen molar-refractivity contribution < 1.29 is 4.42 Å². The Balaban J connectivity index is 1.93. The molecule has 1 atom stereocenters. The highest BCUT2D eigenvalue weighted by Gasteiger charge is 2.08. The third-order valence-corrected chi connectivity index (χ3v) is 3.09. The predicted molar refractivity (Wildman–Crippen MR) is 78.7 cm³/mol. The van der Waals surface area contributed by atoms with Crippen molar-refractivity contribution in [1.82, 2.24) is 4.98 Å². The van der Waals surface area contributed by atoms with Gasteiger partial charge in [-0.2, -0.15) is 0 Å². The summed E-state index contributed by atoms with van der Waals surface area (Å²) in [6, 6.07) is 6.33. The van der Waals surface area contributed by atoms with Gasteiger partial charge in [0, 0.05) is 32.8 Å². The molecule has 4 heteroatoms. The van der Waals surface area contributed by atoms with Crippen LogP contribution < -0.4 is 10.2 Å². The number of hydrogen-bond donors (Lipinski definition) is 1. The lowest BCUT2D eigenvalue weighted by Crippen LogP contribution is -2.19. The Morgan fingerprint density at radius 3 is 2.89 bits per heavy atom. The second-order valence-corrected chi connectivity index (χ2v) is 4.95. The zero-order valence-electron chi connectivity index (χ0n) is 11.8. The normalized spacial score (nSPS) is 12.2. The van der Waals surface area contributed by atoms with Gasteiger partial charge in [-0.15, -0.1) is 0 Å². The van der Waals surface area contributed by atoms with E-state index < -0.39 is 0 Å². The number of nitrogens with zero attached hydrogens (tertiary/aromatic N) is 2. The first-order valence-electron chi connectivity index (χ1n) is 6.57. The minimum absolute atomic E-state index is 0.369. The largest absolute Gasteiger partial charge is 0.469 e. The fourth-order valence-electron chi connectivity index (χ4n) is 2.04. The molecule has 0 amide bonds. The first-order valence-corrected chi connectivity index (χ1v) is 6.57. The van der Waals surface area contributed by atoms with Gasteiger partial charge in [-0.05, 0) is 31.5 Å². The molecule has 0 radical (unpaired) electrons. The molecule has 0 saturated carbocycles. The number of hydrogen-bond acceptors (Lipinski definition) is 4. The highest BCUT2D eigenvalue weighted by molar-refractivity contribution is 5.68. The Morgan fingerprint density at radius 1 is 1.37 bits per heavy atom. The quantitative estimate of drug-likeness (QED) is 0.865. The van der Waals surface area contributed by atoms with Crippen molar-refractivity contribution in [2.75, 3.05) is 24.3 Å². The van der Waals surface area contributed by atoms with Crippen molar-refractivity contribution in [3.63, 3.8) is 0 Å². The molecule has 0 aliphatic carbocycles. The molecule has 2 heterocycles. The van der Waals surface area contributed by atoms with Crippen molar-refractivity contribution in [2.24, 2.45) is 0 Å². The Hall–Kier alpha value is -1.97. The number of nitrogens with one attached hydrogen (secondary N) is 1. The van der Waals surface area contributed by atoms with E-state index in [1.54, 1.807) is 6.26 Å². The molecule has 1 unspecified atom stereocenters. The Kier molecular flexibility index (Phi) is 4.44. The minimum atomic E-state index is 0.369. The van der Waals surface area contributed by atoms with Crippen LogP contribution in [-0.2, 0) is 6.42 Å². The second kappa shape index (κ2) is 6.27. The number of anilines is 2. The van der Waals surface area contributed by atoms with E-state index in [4.69, 9.17) is 4.42 Å². The van der Waals surface area contributed by atoms with Gasteiger partial charge in [0.05, 0.1) is 23.8 Å². The lowest BCUT2D eigenvalue weighted by atomic mass is 10.1. The van der Waals surface area contributed by atoms with Gasteiger partial charge < -0.3 is 14.6 Å². The average molecular weight is 259 g/mol. The summed E-state index contributed by atoms with van der Waals surface area (Å²) in [5.74, 6) is 1.03. The molecule has 4 nitrogen and oxygen atoms in total. The van der Waals surface area contributed by atoms with Crippen LogP contribution in [0, 0.1) is 0 Å². The van der Waals surface area contributed by atoms with Crippen LogP contribution in [-0.4, -0.2) is 25.1 Å². The van der Waals surface area contributed by atoms with E-state index in [-0.39, 0.29) is 0 Å². The number of rotatable bonds is 6. The molecule has 19 heavy (non-hydrogen) atoms. The van der Waals surface area contributed by atoms with Gasteiger partial charge in [0.25, 0.3) is 0 Å². The Morgan fingerprint density at radius 2 is 2.21 bits per heavy atom. The third-order valence-electron chi connectivity index (χ3n) is 3.09. The maximum atomic E-state index is 5.35. The zero-order chi connectivity index (χ0) is 13.7. The summed E-state index contributed by atoms with van der Waals surface area (Å²) in [6.45, 7) is 2.18. The van der Waals surface area contributed by atoms with Crippen molar-refractivity contribution in [1.29, 1.82) is 0 Å². The van der Waals surface area contributed by atoms with Crippen LogP contribution >= 0.6 is 0 Å². The molecule has 102 valence electrons. The smallest absolute Gasteiger partial charge is 0.103 e. The molecule has 2 aromatic rings. The third kappa shape index (κ3) is 3.74. The molecule has 0 fully saturated rings. The second-order valence-electron chi connectivity index (χ2n) is 4.95. The van der Waals surface area contributed by atoms with Crippen molar-refractivity contribution in [3.05, 3.63) is 42.6 Å². The van der Waals surface area contributed by atoms with E-state index in [1.807, 2.05) is 44.7 Å². The number of furan rings is 1. The van der Waals surface area contributed by atoms with E-state index >= 15 is 0 Å². The monoisotopic (exact) mass is 259 g/mol. The lowest BCUT2D eigenvalue weighted by molar-refractivity contribution is 0.495. The van der Waals surface area contributed by atoms with E-state index in [0.717, 1.165) is 30.0 Å². The van der Waals surface area contributed by atoms with Crippen LogP contribution in [0.25, 0.3) is 0 Å². The van der Waals surface area contributed by atoms with Crippen LogP contribution in [0.15, 0.2) is 41.3 Å². The van der Waals surface area contributed by atoms with Crippen LogP contribution in [0.1, 0.15) is 19.1 Å². The van der Waals surface area contributed by atoms with E-state index in [1.165, 1.54) is 0 Å². The van der Waals surface area contributed by atoms with Crippen molar-refractivity contribution in [2.45, 2.75) is 25.8 Å². The molecular weight excluding hydrogens is 238 g/mol. The zero-order valence-corrected chi connectivity index (χ0v) is 11.8. The molecule has 0 aliphatic heterocycles. The topological polar surface area (TPSA) is 41.3 Å². The van der Waals surface area contributed by atoms with Crippen molar-refractivity contribution >= 4 is 11.4 Å². The molecule has 0 aromatic carbocycles. The standard InChI is InChI=1S/C15H21N3O/c1-12(6-7-13-5-4-10-19-13)17-14-11-16-9-8-15(14)18(2)3/h4-5,8-12,17H,6-7H2,1-3H3. The summed E-state index contributed by atoms with van der Waals surface area (Å²) in [7, 11) is 4.07. The van der Waals surface area contributed by atoms with E-state index in [0.29, 0.717) is 6.04 Å². The van der Waals surface area contributed by atoms with Crippen LogP contribution in [0.3, 0.4) is 0 Å². The summed E-state index contributed by atoms with van der Waals surface area (Å²) in [6.07, 6.45) is 7.37. The average Bonchev–Trinajstić information content (AvgIpc) is 2.90. The van der Waals surface area contributed by atoms with Crippen molar-refractivity contribution in [3.8, 4) is 0 Å². The fourth-order valence-corrected chi connectivity index (χ4v) is 2.04. The molecule has 1 N–H and O–H groups in total. The van der Waals surface area contributed by atoms with Crippen LogP contribution in [0.5, 0.6) is 0 Å². The summed E-state index contributed by atoms with van der Waals surface area (Å²) < 4.78 is 5.35. The minimum Gasteiger partial charge on any atom is -0.469 e. The highest BCUT2D eigenvalue weighted by atomic mass is 16.3. The Bertz CT molecular complexity index is 494. The number of aryl methyl sites for hydroxylation is 1. The summed E-state index contributed by atoms with van der Waals surface area (Å²) >= 11 is 0. The molecule has 0 aliphatic rings. The maximum absolute atomic E-state index is 5.35. The first-order chi connectivity index (χ1) is 9.16. The van der Waals surface area contributed by atoms with Gasteiger partial charge in [-0.1, -0.05) is 0 Å². The lowest BCUT2D eigenvalue weighted by Gasteiger charge is -2.21. The maximum Gasteiger partial charge on any atom is 0.103 e. The summed E-state index contributed by atoms with van der Waals surface area (Å²) in [4.78, 5) is 6.27. The van der Waals surface area contributed by atoms with Gasteiger partial charge in [0.1, 0.15) is 5.76 Å². The Labute approximate surface area is 114 Å². The predicted octanol–water partition coefficient (Wildman–Crippen LogP) is 3.17. The van der Waals surface area contributed by atoms with Gasteiger partial charge in [0.2, 0.25) is 0 Å². The van der Waals surface area contributed by atoms with Crippen LogP contribution in [0.2, 0.25) is 0 Å².